The average molecular weight is 221 g/mol. The minimum absolute atomic E-state index is 0.288. The van der Waals surface area contributed by atoms with Crippen molar-refractivity contribution in [3.05, 3.63) is 35.9 Å². The summed E-state index contributed by atoms with van der Waals surface area (Å²) in [6.45, 7) is 4.00. The zero-order valence-corrected chi connectivity index (χ0v) is 9.90. The molecule has 1 aromatic rings. The summed E-state index contributed by atoms with van der Waals surface area (Å²) in [6.07, 6.45) is 1.51. The lowest BCUT2D eigenvalue weighted by molar-refractivity contribution is -0.151. The number of hydrogen-bond donors (Lipinski definition) is 1. The summed E-state index contributed by atoms with van der Waals surface area (Å²) in [6, 6.07) is 9.59. The first-order valence-corrected chi connectivity index (χ1v) is 5.56. The molecule has 0 saturated carbocycles. The van der Waals surface area contributed by atoms with E-state index in [0.717, 1.165) is 12.0 Å². The lowest BCUT2D eigenvalue weighted by Gasteiger charge is -2.21. The van der Waals surface area contributed by atoms with E-state index in [9.17, 15) is 4.79 Å². The van der Waals surface area contributed by atoms with Gasteiger partial charge in [0, 0.05) is 0 Å². The quantitative estimate of drug-likeness (QED) is 0.776. The van der Waals surface area contributed by atoms with Crippen LogP contribution in [0.25, 0.3) is 0 Å². The van der Waals surface area contributed by atoms with Crippen molar-refractivity contribution in [3.8, 4) is 0 Å². The van der Waals surface area contributed by atoms with Crippen LogP contribution in [0, 0.1) is 0 Å². The lowest BCUT2D eigenvalue weighted by atomic mass is 9.98. The summed E-state index contributed by atoms with van der Waals surface area (Å²) in [5.74, 6) is -0.335. The number of rotatable bonds is 5. The van der Waals surface area contributed by atoms with Gasteiger partial charge in [0.1, 0.15) is 12.1 Å². The monoisotopic (exact) mass is 221 g/mol. The Labute approximate surface area is 96.6 Å². The van der Waals surface area contributed by atoms with Crippen LogP contribution in [0.1, 0.15) is 32.3 Å². The van der Waals surface area contributed by atoms with Crippen molar-refractivity contribution in [1.29, 1.82) is 0 Å². The normalized spacial score (nSPS) is 14.2. The molecule has 0 aliphatic carbocycles. The highest BCUT2D eigenvalue weighted by atomic mass is 16.5. The maximum Gasteiger partial charge on any atom is 0.326 e. The molecule has 1 atom stereocenters. The van der Waals surface area contributed by atoms with Crippen LogP contribution in [0.5, 0.6) is 0 Å². The second-order valence-electron chi connectivity index (χ2n) is 4.23. The Morgan fingerprint density at radius 3 is 2.56 bits per heavy atom. The van der Waals surface area contributed by atoms with E-state index >= 15 is 0 Å². The van der Waals surface area contributed by atoms with Crippen LogP contribution in [-0.2, 0) is 16.1 Å². The summed E-state index contributed by atoms with van der Waals surface area (Å²) < 4.78 is 5.18. The summed E-state index contributed by atoms with van der Waals surface area (Å²) in [4.78, 5) is 11.7. The zero-order chi connectivity index (χ0) is 12.0. The number of carbonyl (C=O) groups is 1. The minimum atomic E-state index is -0.871. The molecule has 0 spiro atoms. The fourth-order valence-corrected chi connectivity index (χ4v) is 1.51. The van der Waals surface area contributed by atoms with Crippen LogP contribution < -0.4 is 5.73 Å². The van der Waals surface area contributed by atoms with Crippen LogP contribution in [0.2, 0.25) is 0 Å². The summed E-state index contributed by atoms with van der Waals surface area (Å²) in [7, 11) is 0. The van der Waals surface area contributed by atoms with Gasteiger partial charge < -0.3 is 10.5 Å². The summed E-state index contributed by atoms with van der Waals surface area (Å²) in [5, 5.41) is 0. The molecule has 1 aromatic carbocycles. The van der Waals surface area contributed by atoms with Gasteiger partial charge in [0.2, 0.25) is 0 Å². The van der Waals surface area contributed by atoms with Gasteiger partial charge in [0.25, 0.3) is 0 Å². The fraction of sp³-hybridized carbons (Fsp3) is 0.462. The molecule has 1 unspecified atom stereocenters. The second kappa shape index (κ2) is 5.66. The van der Waals surface area contributed by atoms with Crippen molar-refractivity contribution in [2.75, 3.05) is 0 Å². The lowest BCUT2D eigenvalue weighted by Crippen LogP contribution is -2.45. The molecular formula is C13H19NO2. The minimum Gasteiger partial charge on any atom is -0.459 e. The van der Waals surface area contributed by atoms with Gasteiger partial charge >= 0.3 is 5.97 Å². The average Bonchev–Trinajstić information content (AvgIpc) is 2.27. The van der Waals surface area contributed by atoms with Gasteiger partial charge in [-0.05, 0) is 18.9 Å². The number of carbonyl (C=O) groups excluding carboxylic acids is 1. The predicted octanol–water partition coefficient (Wildman–Crippen LogP) is 2.25. The van der Waals surface area contributed by atoms with Gasteiger partial charge in [-0.1, -0.05) is 43.7 Å². The summed E-state index contributed by atoms with van der Waals surface area (Å²) >= 11 is 0. The third kappa shape index (κ3) is 3.66. The Balaban J connectivity index is 2.47. The van der Waals surface area contributed by atoms with E-state index in [4.69, 9.17) is 10.5 Å². The van der Waals surface area contributed by atoms with Crippen molar-refractivity contribution < 1.29 is 9.53 Å². The molecule has 16 heavy (non-hydrogen) atoms. The maximum atomic E-state index is 11.7. The molecule has 88 valence electrons. The number of benzene rings is 1. The molecule has 0 heterocycles. The van der Waals surface area contributed by atoms with Crippen LogP contribution >= 0.6 is 0 Å². The first-order valence-electron chi connectivity index (χ1n) is 5.56. The Morgan fingerprint density at radius 2 is 2.00 bits per heavy atom. The Bertz CT molecular complexity index is 333. The molecule has 3 nitrogen and oxygen atoms in total. The molecule has 0 fully saturated rings. The van der Waals surface area contributed by atoms with E-state index in [2.05, 4.69) is 0 Å². The molecule has 0 aliphatic rings. The molecular weight excluding hydrogens is 202 g/mol. The van der Waals surface area contributed by atoms with Gasteiger partial charge in [-0.2, -0.15) is 0 Å². The zero-order valence-electron chi connectivity index (χ0n) is 9.90. The van der Waals surface area contributed by atoms with Crippen LogP contribution in [0.4, 0.5) is 0 Å². The summed E-state index contributed by atoms with van der Waals surface area (Å²) in [5.41, 5.74) is 5.96. The highest BCUT2D eigenvalue weighted by Crippen LogP contribution is 2.12. The van der Waals surface area contributed by atoms with Gasteiger partial charge in [-0.15, -0.1) is 0 Å². The fourth-order valence-electron chi connectivity index (χ4n) is 1.51. The highest BCUT2D eigenvalue weighted by Gasteiger charge is 2.28. The number of hydrogen-bond acceptors (Lipinski definition) is 3. The number of ether oxygens (including phenoxy) is 1. The number of esters is 1. The van der Waals surface area contributed by atoms with Crippen LogP contribution in [-0.4, -0.2) is 11.5 Å². The molecule has 0 amide bonds. The molecule has 2 N–H and O–H groups in total. The molecule has 0 aliphatic heterocycles. The van der Waals surface area contributed by atoms with E-state index < -0.39 is 5.54 Å². The Hall–Kier alpha value is -1.35. The van der Waals surface area contributed by atoms with Crippen molar-refractivity contribution >= 4 is 5.97 Å². The van der Waals surface area contributed by atoms with E-state index in [1.165, 1.54) is 0 Å². The molecule has 3 heteroatoms. The SMILES string of the molecule is CCCC(C)(N)C(=O)OCc1ccccc1. The van der Waals surface area contributed by atoms with E-state index in [1.54, 1.807) is 6.92 Å². The van der Waals surface area contributed by atoms with Crippen molar-refractivity contribution in [2.24, 2.45) is 5.73 Å². The van der Waals surface area contributed by atoms with E-state index in [-0.39, 0.29) is 12.6 Å². The Kier molecular flexibility index (Phi) is 4.50. The first-order chi connectivity index (χ1) is 7.56. The third-order valence-corrected chi connectivity index (χ3v) is 2.45. The smallest absolute Gasteiger partial charge is 0.326 e. The van der Waals surface area contributed by atoms with Gasteiger partial charge in [0.05, 0.1) is 0 Å². The molecule has 0 saturated heterocycles. The maximum absolute atomic E-state index is 11.7. The van der Waals surface area contributed by atoms with Crippen LogP contribution in [0.15, 0.2) is 30.3 Å². The van der Waals surface area contributed by atoms with Crippen LogP contribution in [0.3, 0.4) is 0 Å². The largest absolute Gasteiger partial charge is 0.459 e. The molecule has 0 radical (unpaired) electrons. The highest BCUT2D eigenvalue weighted by molar-refractivity contribution is 5.79. The standard InChI is InChI=1S/C13H19NO2/c1-3-9-13(2,14)12(15)16-10-11-7-5-4-6-8-11/h4-8H,3,9-10,14H2,1-2H3. The van der Waals surface area contributed by atoms with Crippen molar-refractivity contribution in [3.63, 3.8) is 0 Å². The number of nitrogens with two attached hydrogens (primary N) is 1. The first kappa shape index (κ1) is 12.7. The van der Waals surface area contributed by atoms with Gasteiger partial charge in [-0.3, -0.25) is 4.79 Å². The molecule has 0 bridgehead atoms. The molecule has 0 aromatic heterocycles. The van der Waals surface area contributed by atoms with E-state index in [0.29, 0.717) is 6.42 Å². The van der Waals surface area contributed by atoms with Crippen molar-refractivity contribution in [2.45, 2.75) is 38.8 Å². The van der Waals surface area contributed by atoms with E-state index in [1.807, 2.05) is 37.3 Å². The second-order valence-corrected chi connectivity index (χ2v) is 4.23. The Morgan fingerprint density at radius 1 is 1.38 bits per heavy atom. The third-order valence-electron chi connectivity index (χ3n) is 2.45. The van der Waals surface area contributed by atoms with Gasteiger partial charge in [-0.25, -0.2) is 0 Å². The topological polar surface area (TPSA) is 52.3 Å². The van der Waals surface area contributed by atoms with Gasteiger partial charge in [0.15, 0.2) is 0 Å². The predicted molar refractivity (Wildman–Crippen MR) is 63.7 cm³/mol. The van der Waals surface area contributed by atoms with Crippen molar-refractivity contribution in [1.82, 2.24) is 0 Å². The molecule has 1 rings (SSSR count).